The molecule has 32 heavy (non-hydrogen) atoms. The minimum atomic E-state index is -0.0213. The Labute approximate surface area is 188 Å². The normalized spacial score (nSPS) is 24.2. The van der Waals surface area contributed by atoms with Gasteiger partial charge in [0.2, 0.25) is 0 Å². The van der Waals surface area contributed by atoms with Gasteiger partial charge in [0, 0.05) is 51.9 Å². The van der Waals surface area contributed by atoms with Crippen LogP contribution in [0.3, 0.4) is 0 Å². The topological polar surface area (TPSA) is 86.7 Å². The standard InChI is InChI=1S/C24H32N6O2/c1-16-12-30(13-17(2)32-16)22-7-6-18(11-26-22)14-29-10-8-20-19(15-29)24(31)28-23(27-20)21-5-3-4-9-25-21/h6-7,11,16-17H,3-5,8-10,12-15H2,1-2H3,(H,27,28,31). The Morgan fingerprint density at radius 3 is 2.72 bits per heavy atom. The van der Waals surface area contributed by atoms with E-state index in [4.69, 9.17) is 14.7 Å². The van der Waals surface area contributed by atoms with Gasteiger partial charge >= 0.3 is 0 Å². The minimum Gasteiger partial charge on any atom is -0.372 e. The summed E-state index contributed by atoms with van der Waals surface area (Å²) in [5.41, 5.74) is 3.81. The highest BCUT2D eigenvalue weighted by Gasteiger charge is 2.24. The number of anilines is 1. The zero-order valence-electron chi connectivity index (χ0n) is 19.0. The first-order chi connectivity index (χ1) is 15.5. The van der Waals surface area contributed by atoms with Gasteiger partial charge in [-0.2, -0.15) is 0 Å². The summed E-state index contributed by atoms with van der Waals surface area (Å²) in [4.78, 5) is 34.4. The van der Waals surface area contributed by atoms with Gasteiger partial charge in [-0.25, -0.2) is 9.97 Å². The van der Waals surface area contributed by atoms with E-state index >= 15 is 0 Å². The summed E-state index contributed by atoms with van der Waals surface area (Å²) < 4.78 is 5.83. The Bertz CT molecular complexity index is 1040. The van der Waals surface area contributed by atoms with Crippen molar-refractivity contribution in [2.75, 3.05) is 31.1 Å². The third-order valence-electron chi connectivity index (χ3n) is 6.50. The summed E-state index contributed by atoms with van der Waals surface area (Å²) in [5.74, 6) is 1.67. The summed E-state index contributed by atoms with van der Waals surface area (Å²) >= 11 is 0. The van der Waals surface area contributed by atoms with Gasteiger partial charge in [-0.05, 0) is 44.7 Å². The highest BCUT2D eigenvalue weighted by Crippen LogP contribution is 2.21. The molecule has 0 spiro atoms. The lowest BCUT2D eigenvalue weighted by Crippen LogP contribution is -2.45. The molecule has 5 heterocycles. The van der Waals surface area contributed by atoms with Crippen LogP contribution in [0.15, 0.2) is 28.1 Å². The lowest BCUT2D eigenvalue weighted by molar-refractivity contribution is -0.00546. The highest BCUT2D eigenvalue weighted by molar-refractivity contribution is 5.97. The molecule has 5 rings (SSSR count). The SMILES string of the molecule is CC1CN(c2ccc(CN3CCc4nc(C5=NCCCC5)[nH]c(=O)c4C3)cn2)CC(C)O1. The number of aromatic nitrogens is 3. The van der Waals surface area contributed by atoms with E-state index in [-0.39, 0.29) is 17.8 Å². The van der Waals surface area contributed by atoms with Gasteiger partial charge in [0.15, 0.2) is 5.82 Å². The van der Waals surface area contributed by atoms with Crippen molar-refractivity contribution in [3.8, 4) is 0 Å². The number of nitrogens with zero attached hydrogens (tertiary/aromatic N) is 5. The van der Waals surface area contributed by atoms with E-state index in [1.165, 1.54) is 0 Å². The Balaban J connectivity index is 1.25. The highest BCUT2D eigenvalue weighted by atomic mass is 16.5. The molecule has 0 aromatic carbocycles. The maximum absolute atomic E-state index is 12.8. The molecule has 8 heteroatoms. The van der Waals surface area contributed by atoms with E-state index in [1.807, 2.05) is 6.20 Å². The molecule has 2 aromatic rings. The van der Waals surface area contributed by atoms with Crippen LogP contribution in [0.4, 0.5) is 5.82 Å². The number of pyridine rings is 1. The lowest BCUT2D eigenvalue weighted by atomic mass is 10.0. The van der Waals surface area contributed by atoms with Crippen molar-refractivity contribution in [3.63, 3.8) is 0 Å². The minimum absolute atomic E-state index is 0.0213. The second-order valence-electron chi connectivity index (χ2n) is 9.27. The van der Waals surface area contributed by atoms with Crippen molar-refractivity contribution in [3.05, 3.63) is 51.3 Å². The van der Waals surface area contributed by atoms with Crippen molar-refractivity contribution < 1.29 is 4.74 Å². The Hall–Kier alpha value is -2.58. The van der Waals surface area contributed by atoms with Gasteiger partial charge in [0.05, 0.1) is 29.2 Å². The molecule has 3 aliphatic heterocycles. The van der Waals surface area contributed by atoms with Crippen LogP contribution in [0.5, 0.6) is 0 Å². The van der Waals surface area contributed by atoms with Gasteiger partial charge in [-0.3, -0.25) is 14.7 Å². The summed E-state index contributed by atoms with van der Waals surface area (Å²) in [6.45, 7) is 9.05. The van der Waals surface area contributed by atoms with Crippen LogP contribution in [-0.2, 0) is 24.2 Å². The van der Waals surface area contributed by atoms with Gasteiger partial charge in [-0.1, -0.05) is 6.07 Å². The summed E-state index contributed by atoms with van der Waals surface area (Å²) in [5, 5.41) is 0. The molecule has 0 bridgehead atoms. The van der Waals surface area contributed by atoms with Crippen molar-refractivity contribution >= 4 is 11.5 Å². The molecule has 0 amide bonds. The largest absolute Gasteiger partial charge is 0.372 e. The van der Waals surface area contributed by atoms with Crippen molar-refractivity contribution in [2.24, 2.45) is 4.99 Å². The summed E-state index contributed by atoms with van der Waals surface area (Å²) in [7, 11) is 0. The zero-order valence-corrected chi connectivity index (χ0v) is 19.0. The molecule has 0 radical (unpaired) electrons. The number of aliphatic imine (C=N–C) groups is 1. The quantitative estimate of drug-likeness (QED) is 0.792. The van der Waals surface area contributed by atoms with Crippen molar-refractivity contribution in [1.29, 1.82) is 0 Å². The average Bonchev–Trinajstić information content (AvgIpc) is 2.80. The molecule has 1 saturated heterocycles. The zero-order chi connectivity index (χ0) is 22.1. The first-order valence-corrected chi connectivity index (χ1v) is 11.8. The molecule has 8 nitrogen and oxygen atoms in total. The number of hydrogen-bond donors (Lipinski definition) is 1. The average molecular weight is 437 g/mol. The van der Waals surface area contributed by atoms with Gasteiger partial charge < -0.3 is 14.6 Å². The van der Waals surface area contributed by atoms with E-state index in [0.717, 1.165) is 86.8 Å². The van der Waals surface area contributed by atoms with Crippen LogP contribution in [0, 0.1) is 0 Å². The lowest BCUT2D eigenvalue weighted by Gasteiger charge is -2.36. The number of H-pyrrole nitrogens is 1. The molecular formula is C24H32N6O2. The van der Waals surface area contributed by atoms with E-state index in [1.54, 1.807) is 0 Å². The van der Waals surface area contributed by atoms with Crippen molar-refractivity contribution in [1.82, 2.24) is 19.9 Å². The molecule has 1 N–H and O–H groups in total. The summed E-state index contributed by atoms with van der Waals surface area (Å²) in [6.07, 6.45) is 6.31. The van der Waals surface area contributed by atoms with E-state index in [2.05, 4.69) is 45.8 Å². The van der Waals surface area contributed by atoms with Gasteiger partial charge in [-0.15, -0.1) is 0 Å². The third-order valence-corrected chi connectivity index (χ3v) is 6.50. The monoisotopic (exact) mass is 436 g/mol. The van der Waals surface area contributed by atoms with Crippen LogP contribution >= 0.6 is 0 Å². The number of hydrogen-bond acceptors (Lipinski definition) is 7. The maximum atomic E-state index is 12.8. The number of aromatic amines is 1. The molecule has 1 fully saturated rings. The van der Waals surface area contributed by atoms with E-state index < -0.39 is 0 Å². The van der Waals surface area contributed by atoms with Gasteiger partial charge in [0.25, 0.3) is 5.56 Å². The first-order valence-electron chi connectivity index (χ1n) is 11.8. The molecule has 2 aromatic heterocycles. The fourth-order valence-corrected chi connectivity index (χ4v) is 4.96. The molecule has 0 saturated carbocycles. The molecule has 2 atom stereocenters. The predicted molar refractivity (Wildman–Crippen MR) is 124 cm³/mol. The van der Waals surface area contributed by atoms with Gasteiger partial charge in [0.1, 0.15) is 5.82 Å². The van der Waals surface area contributed by atoms with Crippen LogP contribution in [0.25, 0.3) is 0 Å². The van der Waals surface area contributed by atoms with E-state index in [0.29, 0.717) is 12.4 Å². The molecule has 0 aliphatic carbocycles. The fraction of sp³-hybridized carbons (Fsp3) is 0.583. The molecular weight excluding hydrogens is 404 g/mol. The first kappa shape index (κ1) is 21.3. The second-order valence-corrected chi connectivity index (χ2v) is 9.27. The summed E-state index contributed by atoms with van der Waals surface area (Å²) in [6, 6.07) is 4.25. The smallest absolute Gasteiger partial charge is 0.255 e. The number of nitrogens with one attached hydrogen (secondary N) is 1. The van der Waals surface area contributed by atoms with E-state index in [9.17, 15) is 4.79 Å². The van der Waals surface area contributed by atoms with Crippen LogP contribution in [0.2, 0.25) is 0 Å². The predicted octanol–water partition coefficient (Wildman–Crippen LogP) is 2.31. The van der Waals surface area contributed by atoms with Crippen LogP contribution in [0.1, 0.15) is 55.8 Å². The Kier molecular flexibility index (Phi) is 6.06. The molecule has 170 valence electrons. The number of rotatable bonds is 4. The van der Waals surface area contributed by atoms with Crippen LogP contribution < -0.4 is 10.5 Å². The second kappa shape index (κ2) is 9.11. The number of ether oxygens (including phenoxy) is 1. The van der Waals surface area contributed by atoms with Crippen molar-refractivity contribution in [2.45, 2.75) is 64.8 Å². The van der Waals surface area contributed by atoms with Crippen LogP contribution in [-0.4, -0.2) is 64.0 Å². The molecule has 3 aliphatic rings. The number of fused-ring (bicyclic) bond motifs is 1. The maximum Gasteiger partial charge on any atom is 0.255 e. The Morgan fingerprint density at radius 2 is 2.00 bits per heavy atom. The fourth-order valence-electron chi connectivity index (χ4n) is 4.96. The number of morpholine rings is 1. The third kappa shape index (κ3) is 4.61. The Morgan fingerprint density at radius 1 is 1.16 bits per heavy atom. The molecule has 2 unspecified atom stereocenters.